The molecule has 1 fully saturated rings. The Kier molecular flexibility index (Phi) is 8.32. The van der Waals surface area contributed by atoms with Crippen LogP contribution in [0.1, 0.15) is 10.4 Å². The number of carbonyl (C=O) groups is 1. The molecule has 8 nitrogen and oxygen atoms in total. The molecule has 0 spiro atoms. The number of halogens is 3. The largest absolute Gasteiger partial charge is 0.493 e. The molecule has 0 saturated carbocycles. The average Bonchev–Trinajstić information content (AvgIpc) is 2.95. The van der Waals surface area contributed by atoms with Crippen LogP contribution in [0, 0.1) is 17.5 Å². The minimum absolute atomic E-state index is 0.129. The number of amides is 1. The zero-order valence-electron chi connectivity index (χ0n) is 21.6. The summed E-state index contributed by atoms with van der Waals surface area (Å²) in [4.78, 5) is 18.9. The number of hydrogen-bond acceptors (Lipinski definition) is 7. The van der Waals surface area contributed by atoms with Gasteiger partial charge in [0.2, 0.25) is 0 Å². The molecule has 11 heteroatoms. The maximum Gasteiger partial charge on any atom is 0.258 e. The Balaban J connectivity index is 1.34. The van der Waals surface area contributed by atoms with Gasteiger partial charge in [-0.3, -0.25) is 14.7 Å². The lowest BCUT2D eigenvalue weighted by molar-refractivity contribution is 0.0321. The number of nitrogens with one attached hydrogen (secondary N) is 1. The van der Waals surface area contributed by atoms with Crippen molar-refractivity contribution in [2.24, 2.45) is 0 Å². The van der Waals surface area contributed by atoms with Crippen LogP contribution in [0.5, 0.6) is 23.0 Å². The number of aromatic nitrogens is 1. The normalized spacial score (nSPS) is 13.7. The van der Waals surface area contributed by atoms with Crippen molar-refractivity contribution in [3.8, 4) is 23.0 Å². The van der Waals surface area contributed by atoms with Gasteiger partial charge in [-0.15, -0.1) is 0 Å². The minimum Gasteiger partial charge on any atom is -0.493 e. The fourth-order valence-electron chi connectivity index (χ4n) is 4.28. The Labute approximate surface area is 228 Å². The third-order valence-corrected chi connectivity index (χ3v) is 6.34. The van der Waals surface area contributed by atoms with Crippen LogP contribution in [0.3, 0.4) is 0 Å². The molecule has 1 aliphatic rings. The van der Waals surface area contributed by atoms with E-state index in [0.717, 1.165) is 37.8 Å². The van der Waals surface area contributed by atoms with Crippen molar-refractivity contribution < 1.29 is 36.9 Å². The van der Waals surface area contributed by atoms with Crippen LogP contribution < -0.4 is 19.5 Å². The van der Waals surface area contributed by atoms with Gasteiger partial charge in [-0.2, -0.15) is 0 Å². The molecular weight excluding hydrogens is 527 g/mol. The van der Waals surface area contributed by atoms with E-state index in [4.69, 9.17) is 18.9 Å². The first kappa shape index (κ1) is 27.2. The van der Waals surface area contributed by atoms with E-state index in [-0.39, 0.29) is 17.0 Å². The van der Waals surface area contributed by atoms with Crippen LogP contribution in [-0.4, -0.2) is 62.4 Å². The second-order valence-corrected chi connectivity index (χ2v) is 8.94. The number of morpholine rings is 1. The standard InChI is InChI=1S/C29H26F3N3O5/c1-37-26-16-20-24(17-27(26)39-13-10-35-8-11-38-12-9-35)33-7-6-25(20)40-28-22(31)14-18(15-23(28)32)34-29(36)19-4-2-3-5-21(19)30/h2-7,14-17H,8-13H2,1H3,(H,34,36). The molecule has 0 unspecified atom stereocenters. The number of nitrogens with zero attached hydrogens (tertiary/aromatic N) is 2. The zero-order chi connectivity index (χ0) is 28.1. The van der Waals surface area contributed by atoms with Crippen molar-refractivity contribution in [1.29, 1.82) is 0 Å². The maximum atomic E-state index is 15.0. The molecule has 0 atom stereocenters. The lowest BCUT2D eigenvalue weighted by Crippen LogP contribution is -2.38. The van der Waals surface area contributed by atoms with Crippen molar-refractivity contribution in [2.45, 2.75) is 0 Å². The summed E-state index contributed by atoms with van der Waals surface area (Å²) in [5.74, 6) is -3.41. The molecule has 0 aliphatic carbocycles. The van der Waals surface area contributed by atoms with Gasteiger partial charge in [0.05, 0.1) is 31.4 Å². The smallest absolute Gasteiger partial charge is 0.258 e. The molecular formula is C29H26F3N3O5. The highest BCUT2D eigenvalue weighted by Crippen LogP contribution is 2.38. The Morgan fingerprint density at radius 3 is 2.45 bits per heavy atom. The third kappa shape index (κ3) is 6.11. The molecule has 3 aromatic carbocycles. The van der Waals surface area contributed by atoms with Crippen LogP contribution >= 0.6 is 0 Å². The van der Waals surface area contributed by atoms with Gasteiger partial charge in [0.1, 0.15) is 18.2 Å². The van der Waals surface area contributed by atoms with E-state index < -0.39 is 29.1 Å². The number of carbonyl (C=O) groups excluding carboxylic acids is 1. The van der Waals surface area contributed by atoms with Gasteiger partial charge >= 0.3 is 0 Å². The van der Waals surface area contributed by atoms with E-state index in [1.54, 1.807) is 12.1 Å². The van der Waals surface area contributed by atoms with Crippen molar-refractivity contribution in [3.63, 3.8) is 0 Å². The first-order chi connectivity index (χ1) is 19.4. The van der Waals surface area contributed by atoms with Gasteiger partial charge < -0.3 is 24.3 Å². The molecule has 208 valence electrons. The minimum atomic E-state index is -1.07. The second-order valence-electron chi connectivity index (χ2n) is 8.94. The molecule has 40 heavy (non-hydrogen) atoms. The van der Waals surface area contributed by atoms with E-state index in [1.165, 1.54) is 37.6 Å². The summed E-state index contributed by atoms with van der Waals surface area (Å²) >= 11 is 0. The van der Waals surface area contributed by atoms with Crippen LogP contribution in [0.4, 0.5) is 18.9 Å². The summed E-state index contributed by atoms with van der Waals surface area (Å²) in [6, 6.07) is 11.8. The van der Waals surface area contributed by atoms with Crippen molar-refractivity contribution in [1.82, 2.24) is 9.88 Å². The highest BCUT2D eigenvalue weighted by Gasteiger charge is 2.19. The molecule has 0 radical (unpaired) electrons. The van der Waals surface area contributed by atoms with Crippen LogP contribution in [0.25, 0.3) is 10.9 Å². The average molecular weight is 554 g/mol. The first-order valence-electron chi connectivity index (χ1n) is 12.6. The van der Waals surface area contributed by atoms with Gasteiger partial charge in [0.15, 0.2) is 28.9 Å². The second kappa shape index (κ2) is 12.2. The molecule has 4 aromatic rings. The number of rotatable bonds is 9. The van der Waals surface area contributed by atoms with Gasteiger partial charge in [-0.1, -0.05) is 12.1 Å². The van der Waals surface area contributed by atoms with E-state index in [2.05, 4.69) is 15.2 Å². The molecule has 1 saturated heterocycles. The van der Waals surface area contributed by atoms with Crippen LogP contribution in [0.15, 0.2) is 60.8 Å². The number of ether oxygens (including phenoxy) is 4. The summed E-state index contributed by atoms with van der Waals surface area (Å²) in [5.41, 5.74) is 0.00952. The van der Waals surface area contributed by atoms with Crippen LogP contribution in [0.2, 0.25) is 0 Å². The monoisotopic (exact) mass is 553 g/mol. The molecule has 1 amide bonds. The SMILES string of the molecule is COc1cc2c(Oc3c(F)cc(NC(=O)c4ccccc4F)cc3F)ccnc2cc1OCCN1CCOCC1. The first-order valence-corrected chi connectivity index (χ1v) is 12.6. The van der Waals surface area contributed by atoms with Crippen molar-refractivity contribution in [2.75, 3.05) is 51.9 Å². The molecule has 0 bridgehead atoms. The number of hydrogen-bond donors (Lipinski definition) is 1. The van der Waals surface area contributed by atoms with E-state index in [0.29, 0.717) is 42.2 Å². The third-order valence-electron chi connectivity index (χ3n) is 6.34. The number of methoxy groups -OCH3 is 1. The quantitative estimate of drug-likeness (QED) is 0.297. The summed E-state index contributed by atoms with van der Waals surface area (Å²) in [6.45, 7) is 4.21. The van der Waals surface area contributed by atoms with E-state index in [9.17, 15) is 18.0 Å². The lowest BCUT2D eigenvalue weighted by Gasteiger charge is -2.26. The Morgan fingerprint density at radius 1 is 0.975 bits per heavy atom. The summed E-state index contributed by atoms with van der Waals surface area (Å²) in [5, 5.41) is 2.74. The Morgan fingerprint density at radius 2 is 1.73 bits per heavy atom. The molecule has 1 N–H and O–H groups in total. The maximum absolute atomic E-state index is 15.0. The zero-order valence-corrected chi connectivity index (χ0v) is 21.6. The van der Waals surface area contributed by atoms with E-state index >= 15 is 0 Å². The molecule has 1 aliphatic heterocycles. The highest BCUT2D eigenvalue weighted by atomic mass is 19.1. The Bertz CT molecular complexity index is 1510. The summed E-state index contributed by atoms with van der Waals surface area (Å²) in [6.07, 6.45) is 1.44. The number of pyridine rings is 1. The topological polar surface area (TPSA) is 82.2 Å². The number of fused-ring (bicyclic) bond motifs is 1. The molecule has 2 heterocycles. The molecule has 5 rings (SSSR count). The van der Waals surface area contributed by atoms with Crippen molar-refractivity contribution in [3.05, 3.63) is 83.8 Å². The lowest BCUT2D eigenvalue weighted by atomic mass is 10.1. The number of benzene rings is 3. The van der Waals surface area contributed by atoms with Gasteiger partial charge in [0, 0.05) is 55.1 Å². The van der Waals surface area contributed by atoms with Crippen LogP contribution in [-0.2, 0) is 4.74 Å². The van der Waals surface area contributed by atoms with Crippen molar-refractivity contribution >= 4 is 22.5 Å². The van der Waals surface area contributed by atoms with Gasteiger partial charge in [0.25, 0.3) is 5.91 Å². The number of anilines is 1. The van der Waals surface area contributed by atoms with Gasteiger partial charge in [-0.05, 0) is 24.3 Å². The Hall–Kier alpha value is -4.35. The van der Waals surface area contributed by atoms with Gasteiger partial charge in [-0.25, -0.2) is 13.2 Å². The fraction of sp³-hybridized carbons (Fsp3) is 0.241. The fourth-order valence-corrected chi connectivity index (χ4v) is 4.28. The predicted molar refractivity (Wildman–Crippen MR) is 142 cm³/mol. The van der Waals surface area contributed by atoms with E-state index in [1.807, 2.05) is 0 Å². The predicted octanol–water partition coefficient (Wildman–Crippen LogP) is 5.42. The summed E-state index contributed by atoms with van der Waals surface area (Å²) < 4.78 is 66.3. The summed E-state index contributed by atoms with van der Waals surface area (Å²) in [7, 11) is 1.49. The molecule has 1 aromatic heterocycles. The highest BCUT2D eigenvalue weighted by molar-refractivity contribution is 6.04.